The summed E-state index contributed by atoms with van der Waals surface area (Å²) in [4.78, 5) is 5.40. The quantitative estimate of drug-likeness (QED) is 0.861. The van der Waals surface area contributed by atoms with Crippen molar-refractivity contribution < 1.29 is 4.52 Å². The van der Waals surface area contributed by atoms with Crippen LogP contribution in [-0.4, -0.2) is 10.1 Å². The van der Waals surface area contributed by atoms with Gasteiger partial charge in [0.25, 0.3) is 0 Å². The Hall–Kier alpha value is -1.20. The van der Waals surface area contributed by atoms with Crippen molar-refractivity contribution in [3.05, 3.63) is 34.1 Å². The molecule has 0 spiro atoms. The fourth-order valence-corrected chi connectivity index (χ4v) is 2.19. The van der Waals surface area contributed by atoms with Crippen LogP contribution in [0, 0.1) is 0 Å². The van der Waals surface area contributed by atoms with Crippen LogP contribution in [0.3, 0.4) is 0 Å². The van der Waals surface area contributed by atoms with Crippen molar-refractivity contribution in [2.24, 2.45) is 5.73 Å². The summed E-state index contributed by atoms with van der Waals surface area (Å²) in [5, 5.41) is 5.93. The first-order valence-electron chi connectivity index (χ1n) is 4.97. The highest BCUT2D eigenvalue weighted by Gasteiger charge is 2.30. The zero-order chi connectivity index (χ0) is 10.3. The molecular weight excluding hydrogens is 210 g/mol. The molecule has 2 N–H and O–H groups in total. The lowest BCUT2D eigenvalue weighted by Gasteiger charge is -2.01. The molecule has 0 radical (unpaired) electrons. The van der Waals surface area contributed by atoms with Gasteiger partial charge in [-0.1, -0.05) is 11.2 Å². The number of hydrogen-bond donors (Lipinski definition) is 1. The van der Waals surface area contributed by atoms with Gasteiger partial charge >= 0.3 is 0 Å². The van der Waals surface area contributed by atoms with Crippen molar-refractivity contribution in [2.75, 3.05) is 0 Å². The molecule has 78 valence electrons. The average molecular weight is 221 g/mol. The van der Waals surface area contributed by atoms with Crippen LogP contribution in [0.4, 0.5) is 0 Å². The summed E-state index contributed by atoms with van der Waals surface area (Å²) in [6.45, 7) is 0. The van der Waals surface area contributed by atoms with E-state index in [9.17, 15) is 0 Å². The molecule has 2 heterocycles. The molecule has 0 aliphatic heterocycles. The molecule has 3 rings (SSSR count). The summed E-state index contributed by atoms with van der Waals surface area (Å²) in [5.41, 5.74) is 6.02. The zero-order valence-corrected chi connectivity index (χ0v) is 8.91. The van der Waals surface area contributed by atoms with Gasteiger partial charge in [0, 0.05) is 10.8 Å². The largest absolute Gasteiger partial charge is 0.339 e. The van der Waals surface area contributed by atoms with E-state index in [1.165, 1.54) is 0 Å². The maximum absolute atomic E-state index is 6.02. The summed E-state index contributed by atoms with van der Waals surface area (Å²) in [7, 11) is 0. The van der Waals surface area contributed by atoms with Gasteiger partial charge in [-0.15, -0.1) is 11.3 Å². The maximum atomic E-state index is 6.02. The van der Waals surface area contributed by atoms with Gasteiger partial charge in [-0.25, -0.2) is 0 Å². The molecule has 1 fully saturated rings. The summed E-state index contributed by atoms with van der Waals surface area (Å²) in [6, 6.07) is 3.71. The third-order valence-electron chi connectivity index (χ3n) is 2.51. The van der Waals surface area contributed by atoms with Gasteiger partial charge in [0.15, 0.2) is 5.82 Å². The Morgan fingerprint density at radius 2 is 2.40 bits per heavy atom. The molecule has 0 amide bonds. The number of rotatable bonds is 3. The molecule has 1 saturated carbocycles. The molecule has 1 atom stereocenters. The van der Waals surface area contributed by atoms with Gasteiger partial charge in [-0.2, -0.15) is 4.98 Å². The van der Waals surface area contributed by atoms with E-state index in [-0.39, 0.29) is 6.04 Å². The lowest BCUT2D eigenvalue weighted by Crippen LogP contribution is -2.11. The van der Waals surface area contributed by atoms with E-state index in [1.807, 2.05) is 17.5 Å². The highest BCUT2D eigenvalue weighted by atomic mass is 32.1. The highest BCUT2D eigenvalue weighted by molar-refractivity contribution is 7.10. The number of aromatic nitrogens is 2. The van der Waals surface area contributed by atoms with Gasteiger partial charge in [0.1, 0.15) is 6.04 Å². The van der Waals surface area contributed by atoms with Crippen LogP contribution >= 0.6 is 11.3 Å². The molecule has 0 bridgehead atoms. The third-order valence-corrected chi connectivity index (χ3v) is 3.47. The second-order valence-electron chi connectivity index (χ2n) is 3.76. The molecule has 15 heavy (non-hydrogen) atoms. The fourth-order valence-electron chi connectivity index (χ4n) is 1.47. The Kier molecular flexibility index (Phi) is 2.07. The monoisotopic (exact) mass is 221 g/mol. The predicted molar refractivity (Wildman–Crippen MR) is 56.6 cm³/mol. The minimum atomic E-state index is -0.249. The number of nitrogens with zero attached hydrogens (tertiary/aromatic N) is 2. The van der Waals surface area contributed by atoms with Crippen LogP contribution in [0.1, 0.15) is 41.4 Å². The molecule has 1 aliphatic carbocycles. The minimum Gasteiger partial charge on any atom is -0.339 e. The minimum absolute atomic E-state index is 0.249. The smallest absolute Gasteiger partial charge is 0.229 e. The molecule has 0 saturated heterocycles. The molecule has 0 aromatic carbocycles. The van der Waals surface area contributed by atoms with E-state index in [0.29, 0.717) is 11.7 Å². The molecule has 1 unspecified atom stereocenters. The van der Waals surface area contributed by atoms with E-state index in [4.69, 9.17) is 10.3 Å². The Morgan fingerprint density at radius 3 is 3.07 bits per heavy atom. The second-order valence-corrected chi connectivity index (χ2v) is 4.74. The Balaban J connectivity index is 1.85. The Bertz CT molecular complexity index is 447. The van der Waals surface area contributed by atoms with E-state index >= 15 is 0 Å². The fraction of sp³-hybridized carbons (Fsp3) is 0.400. The van der Waals surface area contributed by atoms with E-state index in [0.717, 1.165) is 23.6 Å². The molecule has 4 nitrogen and oxygen atoms in total. The van der Waals surface area contributed by atoms with Gasteiger partial charge in [0.2, 0.25) is 5.89 Å². The number of nitrogens with two attached hydrogens (primary N) is 1. The molecule has 2 aromatic heterocycles. The summed E-state index contributed by atoms with van der Waals surface area (Å²) >= 11 is 1.61. The summed E-state index contributed by atoms with van der Waals surface area (Å²) in [6.07, 6.45) is 2.33. The van der Waals surface area contributed by atoms with Crippen molar-refractivity contribution in [1.29, 1.82) is 0 Å². The van der Waals surface area contributed by atoms with Gasteiger partial charge in [-0.3, -0.25) is 0 Å². The lowest BCUT2D eigenvalue weighted by atomic mass is 10.2. The van der Waals surface area contributed by atoms with Gasteiger partial charge in [0.05, 0.1) is 0 Å². The van der Waals surface area contributed by atoms with Gasteiger partial charge in [-0.05, 0) is 24.3 Å². The number of hydrogen-bond acceptors (Lipinski definition) is 5. The van der Waals surface area contributed by atoms with Crippen LogP contribution in [0.2, 0.25) is 0 Å². The summed E-state index contributed by atoms with van der Waals surface area (Å²) in [5.74, 6) is 1.83. The molecular formula is C10H11N3OS. The van der Waals surface area contributed by atoms with Crippen LogP contribution in [0.15, 0.2) is 22.0 Å². The standard InChI is InChI=1S/C10H11N3OS/c11-8(7-2-1-5-15-7)9-12-10(14-13-9)6-3-4-6/h1-2,5-6,8H,3-4,11H2. The highest BCUT2D eigenvalue weighted by Crippen LogP contribution is 2.39. The first-order chi connectivity index (χ1) is 7.34. The Morgan fingerprint density at radius 1 is 1.53 bits per heavy atom. The first kappa shape index (κ1) is 9.06. The third kappa shape index (κ3) is 1.68. The number of thiophene rings is 1. The van der Waals surface area contributed by atoms with Crippen LogP contribution < -0.4 is 5.73 Å². The molecule has 2 aromatic rings. The maximum Gasteiger partial charge on any atom is 0.229 e. The second kappa shape index (κ2) is 3.43. The predicted octanol–water partition coefficient (Wildman–Crippen LogP) is 2.06. The molecule has 5 heteroatoms. The van der Waals surface area contributed by atoms with Gasteiger partial charge < -0.3 is 10.3 Å². The molecule has 1 aliphatic rings. The van der Waals surface area contributed by atoms with E-state index in [1.54, 1.807) is 11.3 Å². The van der Waals surface area contributed by atoms with E-state index in [2.05, 4.69) is 10.1 Å². The lowest BCUT2D eigenvalue weighted by molar-refractivity contribution is 0.372. The van der Waals surface area contributed by atoms with Crippen molar-refractivity contribution in [2.45, 2.75) is 24.8 Å². The van der Waals surface area contributed by atoms with Crippen LogP contribution in [0.5, 0.6) is 0 Å². The SMILES string of the molecule is NC(c1noc(C2CC2)n1)c1cccs1. The first-order valence-corrected chi connectivity index (χ1v) is 5.85. The topological polar surface area (TPSA) is 64.9 Å². The van der Waals surface area contributed by atoms with E-state index < -0.39 is 0 Å². The Labute approximate surface area is 91.1 Å². The normalized spacial score (nSPS) is 17.9. The van der Waals surface area contributed by atoms with Crippen molar-refractivity contribution in [1.82, 2.24) is 10.1 Å². The zero-order valence-electron chi connectivity index (χ0n) is 8.09. The van der Waals surface area contributed by atoms with Crippen molar-refractivity contribution in [3.63, 3.8) is 0 Å². The summed E-state index contributed by atoms with van der Waals surface area (Å²) < 4.78 is 5.17. The van der Waals surface area contributed by atoms with Crippen molar-refractivity contribution in [3.8, 4) is 0 Å². The van der Waals surface area contributed by atoms with Crippen LogP contribution in [0.25, 0.3) is 0 Å². The van der Waals surface area contributed by atoms with Crippen LogP contribution in [-0.2, 0) is 0 Å². The average Bonchev–Trinajstić information content (AvgIpc) is 2.83. The van der Waals surface area contributed by atoms with Crippen molar-refractivity contribution >= 4 is 11.3 Å².